The number of nitrogens with one attached hydrogen (secondary N) is 2. The van der Waals surface area contributed by atoms with Crippen LogP contribution in [0.2, 0.25) is 0 Å². The van der Waals surface area contributed by atoms with Crippen molar-refractivity contribution in [3.05, 3.63) is 40.6 Å². The first-order chi connectivity index (χ1) is 15.1. The Morgan fingerprint density at radius 1 is 1.16 bits per heavy atom. The zero-order valence-electron chi connectivity index (χ0n) is 18.8. The molecule has 1 aliphatic heterocycles. The quantitative estimate of drug-likeness (QED) is 0.495. The molecule has 2 aliphatic rings. The molecular formula is C23H30F2N4O3. The van der Waals surface area contributed by atoms with E-state index in [0.717, 1.165) is 5.69 Å². The van der Waals surface area contributed by atoms with Crippen LogP contribution in [0.5, 0.6) is 0 Å². The summed E-state index contributed by atoms with van der Waals surface area (Å²) in [6.45, 7) is 8.09. The molecule has 1 aliphatic carbocycles. The highest BCUT2D eigenvalue weighted by Gasteiger charge is 2.42. The molecule has 0 aromatic heterocycles. The predicted molar refractivity (Wildman–Crippen MR) is 118 cm³/mol. The Hall–Kier alpha value is -2.97. The number of anilines is 1. The summed E-state index contributed by atoms with van der Waals surface area (Å²) in [7, 11) is 0. The normalized spacial score (nSPS) is 18.0. The molecule has 1 amide bonds. The Kier molecular flexibility index (Phi) is 7.16. The number of carbonyl (C=O) groups is 2. The van der Waals surface area contributed by atoms with Gasteiger partial charge in [0.25, 0.3) is 5.92 Å². The molecule has 0 unspecified atom stereocenters. The summed E-state index contributed by atoms with van der Waals surface area (Å²) in [6, 6.07) is 6.17. The summed E-state index contributed by atoms with van der Waals surface area (Å²) < 4.78 is 32.7. The molecule has 32 heavy (non-hydrogen) atoms. The molecular weight excluding hydrogens is 418 g/mol. The lowest BCUT2D eigenvalue weighted by atomic mass is 10.1. The van der Waals surface area contributed by atoms with Crippen LogP contribution in [0.25, 0.3) is 0 Å². The van der Waals surface area contributed by atoms with Gasteiger partial charge in [-0.2, -0.15) is 0 Å². The fraction of sp³-hybridized carbons (Fsp3) is 0.522. The van der Waals surface area contributed by atoms with E-state index in [-0.39, 0.29) is 30.3 Å². The summed E-state index contributed by atoms with van der Waals surface area (Å²) >= 11 is 0. The number of carbonyl (C=O) groups excluding carboxylic acids is 2. The number of hydrogen-bond acceptors (Lipinski definition) is 6. The molecule has 2 N–H and O–H groups in total. The van der Waals surface area contributed by atoms with Gasteiger partial charge in [0.05, 0.1) is 19.6 Å². The van der Waals surface area contributed by atoms with Crippen molar-refractivity contribution in [1.29, 1.82) is 5.41 Å². The topological polar surface area (TPSA) is 85.7 Å². The summed E-state index contributed by atoms with van der Waals surface area (Å²) in [4.78, 5) is 28.5. The number of alkyl halides is 2. The number of halogens is 2. The van der Waals surface area contributed by atoms with Crippen molar-refractivity contribution >= 4 is 23.3 Å². The SMILES string of the molecule is CCOC(=O)C(=N)C1=C(NCC(=O)N2CCN(c3cccc(C)c3C)CC2)CC(F)(F)C1. The first-order valence-electron chi connectivity index (χ1n) is 10.8. The number of aryl methyl sites for hydroxylation is 1. The molecule has 1 aromatic carbocycles. The van der Waals surface area contributed by atoms with Crippen LogP contribution in [0, 0.1) is 19.3 Å². The third-order valence-corrected chi connectivity index (χ3v) is 6.02. The smallest absolute Gasteiger partial charge is 0.356 e. The van der Waals surface area contributed by atoms with Gasteiger partial charge < -0.3 is 19.9 Å². The average Bonchev–Trinajstić information content (AvgIpc) is 3.08. The van der Waals surface area contributed by atoms with Gasteiger partial charge >= 0.3 is 5.97 Å². The second kappa shape index (κ2) is 9.67. The summed E-state index contributed by atoms with van der Waals surface area (Å²) in [6.07, 6.45) is -1.34. The van der Waals surface area contributed by atoms with E-state index in [4.69, 9.17) is 10.1 Å². The molecule has 3 rings (SSSR count). The van der Waals surface area contributed by atoms with Crippen LogP contribution in [0.3, 0.4) is 0 Å². The van der Waals surface area contributed by atoms with E-state index in [2.05, 4.69) is 36.2 Å². The lowest BCUT2D eigenvalue weighted by Gasteiger charge is -2.37. The number of allylic oxidation sites excluding steroid dienone is 1. The Morgan fingerprint density at radius 3 is 2.50 bits per heavy atom. The second-order valence-corrected chi connectivity index (χ2v) is 8.20. The monoisotopic (exact) mass is 448 g/mol. The van der Waals surface area contributed by atoms with E-state index in [1.165, 1.54) is 11.1 Å². The highest BCUT2D eigenvalue weighted by molar-refractivity contribution is 6.42. The van der Waals surface area contributed by atoms with E-state index in [9.17, 15) is 18.4 Å². The Labute approximate surface area is 186 Å². The maximum atomic E-state index is 14.0. The Morgan fingerprint density at radius 2 is 1.84 bits per heavy atom. The maximum Gasteiger partial charge on any atom is 0.356 e. The first kappa shape index (κ1) is 23.7. The Bertz CT molecular complexity index is 937. The molecule has 0 radical (unpaired) electrons. The standard InChI is InChI=1S/C23H30F2N4O3/c1-4-32-22(31)21(26)17-12-23(24,25)13-18(17)27-14-20(30)29-10-8-28(9-11-29)19-7-5-6-15(2)16(19)3/h5-7,26-27H,4,8-14H2,1-3H3. The van der Waals surface area contributed by atoms with Gasteiger partial charge in [-0.3, -0.25) is 10.2 Å². The molecule has 174 valence electrons. The third-order valence-electron chi connectivity index (χ3n) is 6.02. The van der Waals surface area contributed by atoms with Crippen molar-refractivity contribution in [2.75, 3.05) is 44.2 Å². The maximum absolute atomic E-state index is 14.0. The molecule has 1 fully saturated rings. The fourth-order valence-electron chi connectivity index (χ4n) is 4.10. The number of hydrogen-bond donors (Lipinski definition) is 2. The number of rotatable bonds is 7. The third kappa shape index (κ3) is 5.26. The van der Waals surface area contributed by atoms with Crippen LogP contribution in [-0.2, 0) is 14.3 Å². The van der Waals surface area contributed by atoms with Crippen molar-refractivity contribution in [2.24, 2.45) is 0 Å². The molecule has 1 saturated heterocycles. The summed E-state index contributed by atoms with van der Waals surface area (Å²) in [5, 5.41) is 10.7. The van der Waals surface area contributed by atoms with Gasteiger partial charge in [0.2, 0.25) is 5.91 Å². The predicted octanol–water partition coefficient (Wildman–Crippen LogP) is 2.81. The van der Waals surface area contributed by atoms with E-state index < -0.39 is 30.4 Å². The summed E-state index contributed by atoms with van der Waals surface area (Å²) in [5.74, 6) is -4.19. The number of esters is 1. The van der Waals surface area contributed by atoms with Gasteiger partial charge in [-0.1, -0.05) is 12.1 Å². The van der Waals surface area contributed by atoms with Crippen LogP contribution in [0.1, 0.15) is 30.9 Å². The molecule has 7 nitrogen and oxygen atoms in total. The van der Waals surface area contributed by atoms with Gasteiger partial charge in [-0.15, -0.1) is 0 Å². The second-order valence-electron chi connectivity index (χ2n) is 8.20. The lowest BCUT2D eigenvalue weighted by molar-refractivity contribution is -0.135. The molecule has 9 heteroatoms. The van der Waals surface area contributed by atoms with Gasteiger partial charge in [0, 0.05) is 49.6 Å². The van der Waals surface area contributed by atoms with Crippen molar-refractivity contribution in [1.82, 2.24) is 10.2 Å². The first-order valence-corrected chi connectivity index (χ1v) is 10.8. The molecule has 0 atom stereocenters. The molecule has 0 bridgehead atoms. The van der Waals surface area contributed by atoms with Crippen LogP contribution < -0.4 is 10.2 Å². The minimum atomic E-state index is -3.06. The van der Waals surface area contributed by atoms with Crippen LogP contribution >= 0.6 is 0 Å². The van der Waals surface area contributed by atoms with Gasteiger partial charge in [0.1, 0.15) is 5.71 Å². The number of piperazine rings is 1. The zero-order valence-corrected chi connectivity index (χ0v) is 18.8. The van der Waals surface area contributed by atoms with Crippen LogP contribution in [-0.4, -0.2) is 67.7 Å². The highest BCUT2D eigenvalue weighted by atomic mass is 19.3. The number of ether oxygens (including phenoxy) is 1. The minimum absolute atomic E-state index is 0.0557. The van der Waals surface area contributed by atoms with E-state index >= 15 is 0 Å². The van der Waals surface area contributed by atoms with Gasteiger partial charge in [0.15, 0.2) is 0 Å². The molecule has 0 spiro atoms. The zero-order chi connectivity index (χ0) is 23.5. The minimum Gasteiger partial charge on any atom is -0.461 e. The van der Waals surface area contributed by atoms with Crippen molar-refractivity contribution in [3.8, 4) is 0 Å². The van der Waals surface area contributed by atoms with E-state index in [1.807, 2.05) is 6.07 Å². The number of amides is 1. The van der Waals surface area contributed by atoms with E-state index in [1.54, 1.807) is 11.8 Å². The molecule has 1 aromatic rings. The number of benzene rings is 1. The average molecular weight is 449 g/mol. The van der Waals surface area contributed by atoms with Crippen LogP contribution in [0.4, 0.5) is 14.5 Å². The molecule has 1 heterocycles. The lowest BCUT2D eigenvalue weighted by Crippen LogP contribution is -2.51. The van der Waals surface area contributed by atoms with Crippen LogP contribution in [0.15, 0.2) is 29.5 Å². The van der Waals surface area contributed by atoms with Crippen molar-refractivity contribution < 1.29 is 23.1 Å². The van der Waals surface area contributed by atoms with Gasteiger partial charge in [-0.05, 0) is 38.0 Å². The van der Waals surface area contributed by atoms with Crippen molar-refractivity contribution in [2.45, 2.75) is 39.5 Å². The Balaban J connectivity index is 1.59. The number of nitrogens with zero attached hydrogens (tertiary/aromatic N) is 2. The highest BCUT2D eigenvalue weighted by Crippen LogP contribution is 2.38. The fourth-order valence-corrected chi connectivity index (χ4v) is 4.10. The summed E-state index contributed by atoms with van der Waals surface area (Å²) in [5.41, 5.74) is 3.00. The largest absolute Gasteiger partial charge is 0.461 e. The van der Waals surface area contributed by atoms with E-state index in [0.29, 0.717) is 26.2 Å². The van der Waals surface area contributed by atoms with Gasteiger partial charge in [-0.25, -0.2) is 13.6 Å². The van der Waals surface area contributed by atoms with Crippen molar-refractivity contribution in [3.63, 3.8) is 0 Å². The molecule has 0 saturated carbocycles.